The second kappa shape index (κ2) is 12.3. The average Bonchev–Trinajstić information content (AvgIpc) is 3.80. The highest BCUT2D eigenvalue weighted by atomic mass is 19.3. The van der Waals surface area contributed by atoms with Gasteiger partial charge in [-0.15, -0.1) is 12.8 Å². The zero-order valence-corrected chi connectivity index (χ0v) is 26.1. The van der Waals surface area contributed by atoms with E-state index in [9.17, 15) is 8.78 Å². The number of pyridine rings is 1. The summed E-state index contributed by atoms with van der Waals surface area (Å²) in [5.41, 5.74) is 2.59. The second-order valence-corrected chi connectivity index (χ2v) is 12.7. The van der Waals surface area contributed by atoms with Gasteiger partial charge in [-0.3, -0.25) is 0 Å². The van der Waals surface area contributed by atoms with Crippen LogP contribution >= 0.6 is 0 Å². The van der Waals surface area contributed by atoms with E-state index in [4.69, 9.17) is 34.9 Å². The summed E-state index contributed by atoms with van der Waals surface area (Å²) in [6.07, 6.45) is 6.79. The molecule has 49 heavy (non-hydrogen) atoms. The maximum atomic E-state index is 17.2. The molecule has 0 bridgehead atoms. The third-order valence-corrected chi connectivity index (χ3v) is 9.55. The fourth-order valence-corrected chi connectivity index (χ4v) is 7.03. The maximum Gasteiger partial charge on any atom is 0.319 e. The molecule has 1 aliphatic carbocycles. The van der Waals surface area contributed by atoms with E-state index in [1.807, 2.05) is 0 Å². The van der Waals surface area contributed by atoms with Gasteiger partial charge in [0.2, 0.25) is 6.43 Å². The van der Waals surface area contributed by atoms with Crippen LogP contribution in [0, 0.1) is 53.6 Å². The molecule has 4 aromatic rings. The minimum absolute atomic E-state index is 0.0246. The molecule has 2 aromatic heterocycles. The number of hydrogen-bond donors (Lipinski definition) is 1. The van der Waals surface area contributed by atoms with E-state index in [2.05, 4.69) is 26.8 Å². The van der Waals surface area contributed by atoms with E-state index in [-0.39, 0.29) is 71.8 Å². The Hall–Kier alpha value is -4.72. The van der Waals surface area contributed by atoms with E-state index in [1.54, 1.807) is 0 Å². The molecule has 8 nitrogen and oxygen atoms in total. The Kier molecular flexibility index (Phi) is 6.82. The summed E-state index contributed by atoms with van der Waals surface area (Å²) in [6.45, 7) is -5.40. The molecular weight excluding hydrogens is 643 g/mol. The molecule has 2 aromatic carbocycles. The highest BCUT2D eigenvalue weighted by Gasteiger charge is 2.56. The van der Waals surface area contributed by atoms with Crippen LogP contribution in [0.4, 0.5) is 33.5 Å². The predicted molar refractivity (Wildman–Crippen MR) is 176 cm³/mol. The van der Waals surface area contributed by atoms with Crippen LogP contribution in [0.5, 0.6) is 6.01 Å². The molecule has 13 heteroatoms. The van der Waals surface area contributed by atoms with Crippen molar-refractivity contribution in [3.8, 4) is 42.0 Å². The van der Waals surface area contributed by atoms with Crippen molar-refractivity contribution in [1.82, 2.24) is 19.9 Å². The van der Waals surface area contributed by atoms with E-state index in [0.717, 1.165) is 17.9 Å². The largest absolute Gasteiger partial charge is 0.463 e. The maximum absolute atomic E-state index is 17.2. The zero-order valence-electron chi connectivity index (χ0n) is 31.1. The van der Waals surface area contributed by atoms with Crippen LogP contribution in [-0.4, -0.2) is 84.9 Å². The Bertz CT molecular complexity index is 2270. The molecule has 0 radical (unpaired) electrons. The summed E-state index contributed by atoms with van der Waals surface area (Å²) in [5.74, 6) is 0.275. The van der Waals surface area contributed by atoms with Gasteiger partial charge in [-0.2, -0.15) is 9.97 Å². The van der Waals surface area contributed by atoms with Gasteiger partial charge in [-0.25, -0.2) is 26.9 Å². The first kappa shape index (κ1) is 27.1. The molecule has 4 heterocycles. The number of alkyl halides is 3. The number of benzene rings is 2. The summed E-state index contributed by atoms with van der Waals surface area (Å²) in [7, 11) is 0. The lowest BCUT2D eigenvalue weighted by Crippen LogP contribution is -2.51. The molecular formula is C36H33F5N6O2. The van der Waals surface area contributed by atoms with Crippen LogP contribution in [-0.2, 0) is 4.74 Å². The zero-order chi connectivity index (χ0) is 39.1. The molecule has 1 saturated carbocycles. The smallest absolute Gasteiger partial charge is 0.319 e. The van der Waals surface area contributed by atoms with Crippen LogP contribution in [0.2, 0.25) is 0 Å². The molecule has 0 spiro atoms. The quantitative estimate of drug-likeness (QED) is 0.164. The Morgan fingerprint density at radius 3 is 2.73 bits per heavy atom. The number of nitrogen functional groups attached to an aromatic ring is 1. The van der Waals surface area contributed by atoms with E-state index in [0.29, 0.717) is 5.39 Å². The number of likely N-dealkylation sites (tertiary alicyclic amines) is 1. The van der Waals surface area contributed by atoms with Crippen molar-refractivity contribution in [2.75, 3.05) is 57.0 Å². The molecule has 7 rings (SSSR count). The lowest BCUT2D eigenvalue weighted by atomic mass is 9.73. The fourth-order valence-electron chi connectivity index (χ4n) is 7.03. The minimum atomic E-state index is -3.10. The van der Waals surface area contributed by atoms with Gasteiger partial charge in [-0.05, 0) is 49.4 Å². The molecule has 0 unspecified atom stereocenters. The van der Waals surface area contributed by atoms with Crippen molar-refractivity contribution in [1.29, 1.82) is 0 Å². The lowest BCUT2D eigenvalue weighted by Gasteiger charge is -2.44. The third kappa shape index (κ3) is 5.55. The van der Waals surface area contributed by atoms with Crippen molar-refractivity contribution in [3.05, 3.63) is 47.2 Å². The van der Waals surface area contributed by atoms with Gasteiger partial charge in [0, 0.05) is 51.1 Å². The van der Waals surface area contributed by atoms with Crippen molar-refractivity contribution in [2.45, 2.75) is 32.0 Å². The number of rotatable bonds is 6. The molecule has 0 amide bonds. The van der Waals surface area contributed by atoms with Gasteiger partial charge in [0.15, 0.2) is 5.82 Å². The monoisotopic (exact) mass is 681 g/mol. The van der Waals surface area contributed by atoms with Gasteiger partial charge in [0.1, 0.15) is 34.7 Å². The van der Waals surface area contributed by atoms with Gasteiger partial charge in [0.05, 0.1) is 39.5 Å². The summed E-state index contributed by atoms with van der Waals surface area (Å²) in [5, 5.41) is 0.253. The SMILES string of the molecule is [2H]C([2H])([2H])N1CC[C@H](C(F)F)[C@](C)(C([2H])([2H])Oc2nc(N3CCOC[C@H]4[C@H](F)[C@H]43)c3c(C#C)nc(-c4cc(N)cc5ccc(F)c(C#C)c45)c(F)c3n2)C1. The number of terminal acetylenes is 2. The van der Waals surface area contributed by atoms with E-state index in [1.165, 1.54) is 23.1 Å². The number of piperidine rings is 1. The standard InChI is InChI=1S/C36H33F5N6O2/c1-5-20-24(37)8-7-18-13-19(42)14-21(26(18)20)30-29(39)31-27(25(6-2)43-30)34(47-11-12-48-15-22-28(38)32(22)47)45-35(44-31)49-17-36(3)16-46(4)10-9-23(36)33(40)41/h1-2,7-8,13-14,22-23,28,32-33H,9-12,15-17,42H2,3-4H3/t22-,23+,28-,32-,36-/m0/s1/i4D3,17D2. The Morgan fingerprint density at radius 2 is 2.00 bits per heavy atom. The average molecular weight is 682 g/mol. The third-order valence-electron chi connectivity index (χ3n) is 9.55. The van der Waals surface area contributed by atoms with Crippen LogP contribution in [0.15, 0.2) is 24.3 Å². The van der Waals surface area contributed by atoms with Crippen LogP contribution < -0.4 is 15.4 Å². The molecule has 2 aliphatic heterocycles. The number of halogens is 5. The minimum Gasteiger partial charge on any atom is -0.463 e. The number of fused-ring (bicyclic) bond motifs is 3. The number of ether oxygens (including phenoxy) is 2. The Balaban J connectivity index is 1.47. The van der Waals surface area contributed by atoms with Crippen molar-refractivity contribution >= 4 is 33.2 Å². The molecule has 3 aliphatic rings. The molecule has 254 valence electrons. The Morgan fingerprint density at radius 1 is 1.18 bits per heavy atom. The normalized spacial score (nSPS) is 27.6. The lowest BCUT2D eigenvalue weighted by molar-refractivity contribution is -0.0679. The van der Waals surface area contributed by atoms with Gasteiger partial charge in [-0.1, -0.05) is 18.9 Å². The molecule has 2 N–H and O–H groups in total. The van der Waals surface area contributed by atoms with Gasteiger partial charge in [0.25, 0.3) is 0 Å². The first-order valence-corrected chi connectivity index (χ1v) is 15.5. The molecule has 3 fully saturated rings. The first-order valence-electron chi connectivity index (χ1n) is 18.0. The first-order chi connectivity index (χ1) is 25.4. The molecule has 2 saturated heterocycles. The van der Waals surface area contributed by atoms with Crippen molar-refractivity contribution in [2.24, 2.45) is 17.3 Å². The van der Waals surface area contributed by atoms with Gasteiger partial charge < -0.3 is 25.0 Å². The predicted octanol–water partition coefficient (Wildman–Crippen LogP) is 5.44. The van der Waals surface area contributed by atoms with E-state index < -0.39 is 84.8 Å². The fraction of sp³-hybridized carbons (Fsp3) is 0.417. The van der Waals surface area contributed by atoms with Crippen LogP contribution in [0.3, 0.4) is 0 Å². The molecule has 5 atom stereocenters. The topological polar surface area (TPSA) is 89.6 Å². The highest BCUT2D eigenvalue weighted by Crippen LogP contribution is 2.46. The van der Waals surface area contributed by atoms with Crippen molar-refractivity contribution < 1.29 is 38.3 Å². The van der Waals surface area contributed by atoms with Gasteiger partial charge >= 0.3 is 6.01 Å². The Labute approximate surface area is 286 Å². The van der Waals surface area contributed by atoms with Crippen molar-refractivity contribution in [3.63, 3.8) is 0 Å². The number of aromatic nitrogens is 3. The number of nitrogens with two attached hydrogens (primary N) is 1. The summed E-state index contributed by atoms with van der Waals surface area (Å²) >= 11 is 0. The number of hydrogen-bond acceptors (Lipinski definition) is 8. The van der Waals surface area contributed by atoms with E-state index >= 15 is 13.2 Å². The second-order valence-electron chi connectivity index (χ2n) is 12.7. The number of anilines is 2. The van der Waals surface area contributed by atoms with Crippen LogP contribution in [0.1, 0.15) is 31.5 Å². The number of nitrogens with zero attached hydrogens (tertiary/aromatic N) is 5. The summed E-state index contributed by atoms with van der Waals surface area (Å²) in [6, 6.07) is 3.69. The highest BCUT2D eigenvalue weighted by molar-refractivity contribution is 6.04. The summed E-state index contributed by atoms with van der Waals surface area (Å²) in [4.78, 5) is 15.4. The summed E-state index contributed by atoms with van der Waals surface area (Å²) < 4.78 is 129. The van der Waals surface area contributed by atoms with Crippen LogP contribution in [0.25, 0.3) is 32.9 Å².